The molecule has 0 N–H and O–H groups in total. The predicted octanol–water partition coefficient (Wildman–Crippen LogP) is 6.37. The van der Waals surface area contributed by atoms with E-state index in [2.05, 4.69) is 110 Å². The summed E-state index contributed by atoms with van der Waals surface area (Å²) in [6.07, 6.45) is 3.82. The molecule has 34 heavy (non-hydrogen) atoms. The second-order valence-electron chi connectivity index (χ2n) is 9.43. The Kier molecular flexibility index (Phi) is 4.69. The minimum Gasteiger partial charge on any atom is -0.353 e. The molecule has 0 saturated heterocycles. The van der Waals surface area contributed by atoms with E-state index in [9.17, 15) is 0 Å². The molecular weight excluding hydrogens is 531 g/mol. The van der Waals surface area contributed by atoms with Gasteiger partial charge in [-0.25, -0.2) is 4.99 Å². The number of benzene rings is 3. The Morgan fingerprint density at radius 1 is 0.941 bits per heavy atom. The average molecular weight is 558 g/mol. The molecule has 5 heteroatoms. The quantitative estimate of drug-likeness (QED) is 0.208. The third-order valence-corrected chi connectivity index (χ3v) is 10.0. The van der Waals surface area contributed by atoms with E-state index in [4.69, 9.17) is 4.99 Å². The monoisotopic (exact) mass is 558 g/mol. The summed E-state index contributed by atoms with van der Waals surface area (Å²) in [5, 5.41) is 0. The molecule has 4 aliphatic heterocycles. The van der Waals surface area contributed by atoms with Crippen LogP contribution in [0.3, 0.4) is 0 Å². The van der Waals surface area contributed by atoms with Gasteiger partial charge in [0.2, 0.25) is 0 Å². The van der Waals surface area contributed by atoms with Crippen molar-refractivity contribution in [3.63, 3.8) is 0 Å². The van der Waals surface area contributed by atoms with Crippen LogP contribution in [0.2, 0.25) is 0 Å². The molecule has 3 atom stereocenters. The van der Waals surface area contributed by atoms with Crippen LogP contribution in [-0.2, 0) is 6.54 Å². The minimum atomic E-state index is -0.244. The third-order valence-electron chi connectivity index (χ3n) is 7.89. The molecule has 0 bridgehead atoms. The lowest BCUT2D eigenvalue weighted by molar-refractivity contribution is 0.505. The van der Waals surface area contributed by atoms with Gasteiger partial charge in [-0.2, -0.15) is 0 Å². The molecule has 3 unspecified atom stereocenters. The lowest BCUT2D eigenvalue weighted by Crippen LogP contribution is -2.41. The van der Waals surface area contributed by atoms with Crippen molar-refractivity contribution in [2.75, 3.05) is 16.8 Å². The van der Waals surface area contributed by atoms with Gasteiger partial charge >= 0.3 is 0 Å². The third kappa shape index (κ3) is 2.82. The molecule has 0 spiro atoms. The van der Waals surface area contributed by atoms with Crippen LogP contribution in [0, 0.1) is 0 Å². The maximum absolute atomic E-state index is 4.83. The van der Waals surface area contributed by atoms with Gasteiger partial charge in [-0.3, -0.25) is 3.11 Å². The van der Waals surface area contributed by atoms with Crippen molar-refractivity contribution >= 4 is 42.4 Å². The fourth-order valence-electron chi connectivity index (χ4n) is 6.37. The number of rotatable bonds is 2. The summed E-state index contributed by atoms with van der Waals surface area (Å²) in [6.45, 7) is 3.19. The molecule has 3 aromatic rings. The maximum Gasteiger partial charge on any atom is 0.146 e. The Bertz CT molecular complexity index is 1390. The van der Waals surface area contributed by atoms with Crippen molar-refractivity contribution in [1.29, 1.82) is 0 Å². The van der Waals surface area contributed by atoms with Gasteiger partial charge in [0.05, 0.1) is 21.6 Å². The highest BCUT2D eigenvalue weighted by Crippen LogP contribution is 2.52. The molecule has 3 aromatic carbocycles. The summed E-state index contributed by atoms with van der Waals surface area (Å²) >= 11 is -0.244. The smallest absolute Gasteiger partial charge is 0.146 e. The van der Waals surface area contributed by atoms with Crippen LogP contribution in [-0.4, -0.2) is 26.3 Å². The fourth-order valence-corrected chi connectivity index (χ4v) is 8.62. The van der Waals surface area contributed by atoms with Crippen LogP contribution >= 0.6 is 21.0 Å². The molecule has 4 heterocycles. The van der Waals surface area contributed by atoms with E-state index in [0.29, 0.717) is 12.1 Å². The summed E-state index contributed by atoms with van der Waals surface area (Å²) < 4.78 is 4.78. The lowest BCUT2D eigenvalue weighted by atomic mass is 9.80. The maximum atomic E-state index is 4.83. The van der Waals surface area contributed by atoms with Crippen molar-refractivity contribution in [3.05, 3.63) is 107 Å². The first-order valence-corrected chi connectivity index (χ1v) is 14.2. The zero-order valence-electron chi connectivity index (χ0n) is 19.4. The molecule has 0 aromatic heterocycles. The number of anilines is 2. The Balaban J connectivity index is 1.37. The second-order valence-corrected chi connectivity index (χ2v) is 11.6. The van der Waals surface area contributed by atoms with Crippen LogP contribution in [0.25, 0.3) is 0 Å². The number of nitrogens with zero attached hydrogens (tertiary/aromatic N) is 4. The van der Waals surface area contributed by atoms with E-state index in [1.54, 1.807) is 0 Å². The van der Waals surface area contributed by atoms with Crippen molar-refractivity contribution in [3.8, 4) is 0 Å². The van der Waals surface area contributed by atoms with Crippen LogP contribution in [0.1, 0.15) is 47.6 Å². The summed E-state index contributed by atoms with van der Waals surface area (Å²) in [4.78, 5) is 9.94. The van der Waals surface area contributed by atoms with Gasteiger partial charge in [0.15, 0.2) is 0 Å². The van der Waals surface area contributed by atoms with Crippen LogP contribution in [0.4, 0.5) is 11.4 Å². The Morgan fingerprint density at radius 2 is 1.68 bits per heavy atom. The number of amidine groups is 1. The number of fused-ring (bicyclic) bond motifs is 7. The molecular formula is C29H27IN4. The topological polar surface area (TPSA) is 22.1 Å². The Morgan fingerprint density at radius 3 is 2.53 bits per heavy atom. The van der Waals surface area contributed by atoms with E-state index in [0.717, 1.165) is 13.0 Å². The number of para-hydroxylation sites is 2. The molecule has 170 valence electrons. The number of allylic oxidation sites excluding steroid dienone is 1. The largest absolute Gasteiger partial charge is 0.353 e. The standard InChI is InChI=1S/C29H27IN4/c1-3-20(28-22-12-6-7-13-23(22)29-31-18-30-34(28)29)24-16-27-32(2)25-14-8-9-15-26(25)33(27)17-19-10-4-5-11-21(19)24/h3-15,18,24,27-28H,16-17H2,1-2H3/b20-3+. The van der Waals surface area contributed by atoms with Gasteiger partial charge in [0.25, 0.3) is 0 Å². The molecule has 0 saturated carbocycles. The van der Waals surface area contributed by atoms with Gasteiger partial charge in [-0.15, -0.1) is 0 Å². The lowest BCUT2D eigenvalue weighted by Gasteiger charge is -2.34. The van der Waals surface area contributed by atoms with E-state index in [1.165, 1.54) is 45.0 Å². The van der Waals surface area contributed by atoms with Crippen LogP contribution < -0.4 is 9.80 Å². The highest BCUT2D eigenvalue weighted by Gasteiger charge is 2.44. The van der Waals surface area contributed by atoms with Gasteiger partial charge < -0.3 is 9.80 Å². The zero-order chi connectivity index (χ0) is 22.8. The molecule has 0 fully saturated rings. The van der Waals surface area contributed by atoms with Crippen LogP contribution in [0.5, 0.6) is 0 Å². The summed E-state index contributed by atoms with van der Waals surface area (Å²) in [5.41, 5.74) is 9.88. The van der Waals surface area contributed by atoms with Gasteiger partial charge in [-0.05, 0) is 47.7 Å². The molecule has 4 aliphatic rings. The van der Waals surface area contributed by atoms with Crippen LogP contribution in [0.15, 0.2) is 89.4 Å². The summed E-state index contributed by atoms with van der Waals surface area (Å²) in [7, 11) is 2.27. The number of aliphatic imine (C=N–C) groups is 1. The summed E-state index contributed by atoms with van der Waals surface area (Å²) in [6, 6.07) is 27.2. The Hall–Kier alpha value is -2.93. The highest BCUT2D eigenvalue weighted by molar-refractivity contribution is 14.2. The number of hydrogen-bond donors (Lipinski definition) is 0. The first-order chi connectivity index (χ1) is 16.8. The predicted molar refractivity (Wildman–Crippen MR) is 150 cm³/mol. The van der Waals surface area contributed by atoms with Gasteiger partial charge in [0.1, 0.15) is 12.0 Å². The average Bonchev–Trinajstić information content (AvgIpc) is 3.50. The molecule has 0 amide bonds. The van der Waals surface area contributed by atoms with Crippen molar-refractivity contribution in [1.82, 2.24) is 3.11 Å². The normalized spacial score (nSPS) is 24.5. The molecule has 0 radical (unpaired) electrons. The molecule has 4 nitrogen and oxygen atoms in total. The highest BCUT2D eigenvalue weighted by atomic mass is 127. The minimum absolute atomic E-state index is 0.244. The van der Waals surface area contributed by atoms with Crippen molar-refractivity contribution in [2.24, 2.45) is 4.99 Å². The van der Waals surface area contributed by atoms with E-state index in [-0.39, 0.29) is 27.0 Å². The molecule has 7 rings (SSSR count). The van der Waals surface area contributed by atoms with Crippen molar-refractivity contribution in [2.45, 2.75) is 38.0 Å². The first kappa shape index (κ1) is 20.4. The molecule has 0 aliphatic carbocycles. The Labute approximate surface area is 211 Å². The van der Waals surface area contributed by atoms with Gasteiger partial charge in [0, 0.05) is 46.1 Å². The zero-order valence-corrected chi connectivity index (χ0v) is 21.6. The van der Waals surface area contributed by atoms with Gasteiger partial charge in [-0.1, -0.05) is 66.7 Å². The fraction of sp³-hybridized carbons (Fsp3) is 0.241. The number of halogens is 1. The van der Waals surface area contributed by atoms with E-state index < -0.39 is 0 Å². The van der Waals surface area contributed by atoms with Crippen molar-refractivity contribution < 1.29 is 0 Å². The second kappa shape index (κ2) is 7.80. The van der Waals surface area contributed by atoms with E-state index in [1.807, 2.05) is 0 Å². The van der Waals surface area contributed by atoms with E-state index >= 15 is 0 Å². The SMILES string of the molecule is C/C=C(\C1CC2N(C)c3ccccc3N2Cc2ccccc21)C1c2ccccc2C2=NC=IN21. The first-order valence-electron chi connectivity index (χ1n) is 12.0. The summed E-state index contributed by atoms with van der Waals surface area (Å²) in [5.74, 6) is 1.54. The number of hydrogen-bond acceptors (Lipinski definition) is 4.